The Kier molecular flexibility index (Phi) is 26.7. The Morgan fingerprint density at radius 3 is 1.93 bits per heavy atom. The largest absolute Gasteiger partial charge is 0.508 e. The lowest BCUT2D eigenvalue weighted by Crippen LogP contribution is -2.48. The van der Waals surface area contributed by atoms with Crippen molar-refractivity contribution in [1.29, 1.82) is 0 Å². The first kappa shape index (κ1) is 63.1. The van der Waals surface area contributed by atoms with E-state index in [9.17, 15) is 33.9 Å². The van der Waals surface area contributed by atoms with Crippen LogP contribution in [0.2, 0.25) is 0 Å². The van der Waals surface area contributed by atoms with Crippen molar-refractivity contribution in [3.63, 3.8) is 0 Å². The van der Waals surface area contributed by atoms with Crippen LogP contribution in [0.3, 0.4) is 0 Å². The van der Waals surface area contributed by atoms with Crippen LogP contribution in [0.4, 0.5) is 4.79 Å². The number of carbonyl (C=O) groups is 5. The van der Waals surface area contributed by atoms with E-state index in [2.05, 4.69) is 20.7 Å². The number of ketones is 1. The van der Waals surface area contributed by atoms with Crippen LogP contribution in [0.1, 0.15) is 53.6 Å². The number of phenolic OH excluding ortho intramolecular Hbond substituents is 1. The average molecular weight is 1130 g/mol. The number of azide groups is 1. The number of alkyl carbamates (subject to hydrolysis) is 1. The maximum absolute atomic E-state index is 14.0. The van der Waals surface area contributed by atoms with Gasteiger partial charge in [-0.15, -0.1) is 0 Å². The van der Waals surface area contributed by atoms with Crippen LogP contribution in [-0.4, -0.2) is 183 Å². The van der Waals surface area contributed by atoms with Crippen LogP contribution in [0.15, 0.2) is 58.4 Å². The van der Waals surface area contributed by atoms with E-state index in [-0.39, 0.29) is 81.6 Å². The molecule has 2 aliphatic rings. The van der Waals surface area contributed by atoms with Gasteiger partial charge >= 0.3 is 18.0 Å². The van der Waals surface area contributed by atoms with Crippen LogP contribution in [0.25, 0.3) is 32.7 Å². The van der Waals surface area contributed by atoms with Gasteiger partial charge in [-0.05, 0) is 59.3 Å². The number of hydrogen-bond donors (Lipinski definition) is 3. The molecule has 0 radical (unpaired) electrons. The van der Waals surface area contributed by atoms with Gasteiger partial charge in [0.15, 0.2) is 5.78 Å². The van der Waals surface area contributed by atoms with E-state index in [0.29, 0.717) is 140 Å². The predicted octanol–water partition coefficient (Wildman–Crippen LogP) is 3.51. The number of rotatable bonds is 40. The van der Waals surface area contributed by atoms with Gasteiger partial charge in [0.25, 0.3) is 5.56 Å². The minimum absolute atomic E-state index is 0.0414. The van der Waals surface area contributed by atoms with Gasteiger partial charge in [-0.2, -0.15) is 0 Å². The Balaban J connectivity index is 0.754. The normalized spacial score (nSPS) is 14.1. The average Bonchev–Trinajstić information content (AvgIpc) is 3.98. The third kappa shape index (κ3) is 19.6. The summed E-state index contributed by atoms with van der Waals surface area (Å²) < 4.78 is 66.7. The molecule has 6 rings (SSSR count). The number of fused-ring (bicyclic) bond motifs is 5. The molecule has 0 saturated carbocycles. The summed E-state index contributed by atoms with van der Waals surface area (Å²) in [4.78, 5) is 85.7. The van der Waals surface area contributed by atoms with Crippen LogP contribution in [0, 0.1) is 0 Å². The van der Waals surface area contributed by atoms with Crippen molar-refractivity contribution >= 4 is 40.6 Å². The molecule has 0 aliphatic carbocycles. The van der Waals surface area contributed by atoms with Gasteiger partial charge in [0, 0.05) is 40.9 Å². The van der Waals surface area contributed by atoms with Crippen molar-refractivity contribution in [3.8, 4) is 17.1 Å². The number of benzene rings is 2. The fourth-order valence-electron chi connectivity index (χ4n) is 8.68. The van der Waals surface area contributed by atoms with E-state index in [1.165, 1.54) is 6.07 Å². The van der Waals surface area contributed by atoms with Gasteiger partial charge in [-0.3, -0.25) is 19.2 Å². The summed E-state index contributed by atoms with van der Waals surface area (Å²) in [5.74, 6) is -2.39. The Hall–Kier alpha value is -7.10. The zero-order valence-corrected chi connectivity index (χ0v) is 45.7. The Morgan fingerprint density at radius 1 is 0.741 bits per heavy atom. The zero-order valence-electron chi connectivity index (χ0n) is 45.7. The van der Waals surface area contributed by atoms with E-state index < -0.39 is 41.6 Å². The molecular formula is C55H71N7O19. The number of amides is 2. The van der Waals surface area contributed by atoms with E-state index >= 15 is 0 Å². The number of nitrogens with zero attached hydrogens (tertiary/aromatic N) is 5. The fourth-order valence-corrected chi connectivity index (χ4v) is 8.68. The second-order valence-corrected chi connectivity index (χ2v) is 18.2. The molecular weight excluding hydrogens is 1060 g/mol. The third-order valence-corrected chi connectivity index (χ3v) is 12.6. The highest BCUT2D eigenvalue weighted by Crippen LogP contribution is 2.42. The van der Waals surface area contributed by atoms with Crippen LogP contribution < -0.4 is 16.2 Å². The third-order valence-electron chi connectivity index (χ3n) is 12.6. The molecule has 2 aliphatic heterocycles. The molecule has 0 spiro atoms. The summed E-state index contributed by atoms with van der Waals surface area (Å²) in [6, 6.07) is 13.2. The van der Waals surface area contributed by atoms with E-state index in [1.54, 1.807) is 54.0 Å². The summed E-state index contributed by atoms with van der Waals surface area (Å²) in [6.45, 7) is 9.13. The molecule has 0 saturated heterocycles. The molecule has 4 heterocycles. The number of aromatic nitrogens is 2. The highest BCUT2D eigenvalue weighted by atomic mass is 16.6. The Bertz CT molecular complexity index is 2830. The number of esters is 2. The highest BCUT2D eigenvalue weighted by molar-refractivity contribution is 5.91. The lowest BCUT2D eigenvalue weighted by Gasteiger charge is -2.35. The maximum atomic E-state index is 14.0. The molecule has 440 valence electrons. The van der Waals surface area contributed by atoms with Crippen molar-refractivity contribution in [2.45, 2.75) is 58.5 Å². The second-order valence-electron chi connectivity index (χ2n) is 18.2. The van der Waals surface area contributed by atoms with Gasteiger partial charge in [-0.1, -0.05) is 43.2 Å². The number of carbonyl (C=O) groups excluding carboxylic acids is 5. The topological polar surface area (TPSA) is 324 Å². The second kappa shape index (κ2) is 34.2. The van der Waals surface area contributed by atoms with Crippen molar-refractivity contribution in [3.05, 3.63) is 103 Å². The van der Waals surface area contributed by atoms with Crippen molar-refractivity contribution in [2.75, 3.05) is 139 Å². The van der Waals surface area contributed by atoms with Gasteiger partial charge in [0.1, 0.15) is 38.7 Å². The number of hydrogen-bond acceptors (Lipinski definition) is 21. The lowest BCUT2D eigenvalue weighted by molar-refractivity contribution is -0.188. The maximum Gasteiger partial charge on any atom is 0.407 e. The van der Waals surface area contributed by atoms with E-state index in [1.807, 2.05) is 6.92 Å². The molecule has 0 unspecified atom stereocenters. The number of cyclic esters (lactones) is 1. The number of ether oxygens (including phenoxy) is 12. The van der Waals surface area contributed by atoms with E-state index in [0.717, 1.165) is 16.5 Å². The minimum atomic E-state index is -1.98. The highest BCUT2D eigenvalue weighted by Gasteiger charge is 2.50. The quantitative estimate of drug-likeness (QED) is 0.0126. The SMILES string of the molecule is CCc1c2c(nc3ccc(O)cc13)-c1cc3c(c(=O)n1C2)COC(=O)[C@@]3(CC)OC(=O)CNC(=O)OCc1ccc(CC(=O)COCC(=O)NCCOCCOCCOCCOCCOCCOCCOCCOCCN=[N+]=[N-])cc1. The van der Waals surface area contributed by atoms with Crippen LogP contribution >= 0.6 is 0 Å². The molecule has 0 fully saturated rings. The van der Waals surface area contributed by atoms with Crippen LogP contribution in [-0.2, 0) is 114 Å². The monoisotopic (exact) mass is 1130 g/mol. The van der Waals surface area contributed by atoms with Crippen molar-refractivity contribution in [2.24, 2.45) is 5.11 Å². The molecule has 0 bridgehead atoms. The standard InChI is InChI=1S/C55H71N7O19/c1-3-42-43-30-40(63)9-10-47(43)60-51-44(42)33-62-48(51)31-46-45(52(62)67)36-79-53(68)55(46,4-2)81-50(66)32-58-54(69)80-34-39-7-5-38(6-8-39)29-41(64)35-78-37-49(65)57-11-13-70-15-17-72-19-21-74-23-25-76-27-28-77-26-24-75-22-20-73-18-16-71-14-12-59-61-56/h5-10,30-31,63H,3-4,11-29,32-37H2,1-2H3,(H,57,65)(H,58,69)/t55-/m0/s1. The summed E-state index contributed by atoms with van der Waals surface area (Å²) in [5, 5.41) is 19.3. The lowest BCUT2D eigenvalue weighted by atomic mass is 9.85. The molecule has 1 atom stereocenters. The smallest absolute Gasteiger partial charge is 0.407 e. The molecule has 3 N–H and O–H groups in total. The first-order chi connectivity index (χ1) is 39.5. The fraction of sp³-hybridized carbons (Fsp3) is 0.545. The van der Waals surface area contributed by atoms with Gasteiger partial charge in [0.2, 0.25) is 11.5 Å². The van der Waals surface area contributed by atoms with Crippen molar-refractivity contribution in [1.82, 2.24) is 20.2 Å². The number of pyridine rings is 2. The van der Waals surface area contributed by atoms with Gasteiger partial charge < -0.3 is 77.1 Å². The minimum Gasteiger partial charge on any atom is -0.508 e. The Morgan fingerprint density at radius 2 is 1.33 bits per heavy atom. The summed E-state index contributed by atoms with van der Waals surface area (Å²) >= 11 is 0. The molecule has 2 aromatic heterocycles. The molecule has 4 aromatic rings. The summed E-state index contributed by atoms with van der Waals surface area (Å²) in [5.41, 5.74) is 10.7. The predicted molar refractivity (Wildman–Crippen MR) is 287 cm³/mol. The molecule has 2 aromatic carbocycles. The number of Topliss-reactive ketones (excluding diaryl/α,β-unsaturated/α-hetero) is 1. The van der Waals surface area contributed by atoms with Crippen molar-refractivity contribution < 1.29 is 85.9 Å². The zero-order chi connectivity index (χ0) is 57.7. The summed E-state index contributed by atoms with van der Waals surface area (Å²) in [6.07, 6.45) is -0.366. The first-order valence-corrected chi connectivity index (χ1v) is 26.8. The summed E-state index contributed by atoms with van der Waals surface area (Å²) in [7, 11) is 0. The van der Waals surface area contributed by atoms with Gasteiger partial charge in [-0.25, -0.2) is 14.6 Å². The Labute approximate surface area is 467 Å². The number of phenols is 1. The number of aryl methyl sites for hydroxylation is 1. The van der Waals surface area contributed by atoms with E-state index in [4.69, 9.17) is 67.4 Å². The van der Waals surface area contributed by atoms with Crippen LogP contribution in [0.5, 0.6) is 5.75 Å². The molecule has 81 heavy (non-hydrogen) atoms. The van der Waals surface area contributed by atoms with Gasteiger partial charge in [0.05, 0.1) is 135 Å². The molecule has 26 heteroatoms. The molecule has 26 nitrogen and oxygen atoms in total. The first-order valence-electron chi connectivity index (χ1n) is 26.8. The number of nitrogens with one attached hydrogen (secondary N) is 2. The molecule has 2 amide bonds. The number of aromatic hydroxyl groups is 1.